The maximum atomic E-state index is 7.30. The summed E-state index contributed by atoms with van der Waals surface area (Å²) in [5.41, 5.74) is 7.47. The molecule has 6 rings (SSSR count). The van der Waals surface area contributed by atoms with Crippen LogP contribution in [0.15, 0.2) is 36.4 Å². The Balaban J connectivity index is 1.56. The molecule has 0 saturated carbocycles. The average Bonchev–Trinajstić information content (AvgIpc) is 0.681. The van der Waals surface area contributed by atoms with Gasteiger partial charge in [-0.3, -0.25) is 0 Å². The largest absolute Gasteiger partial charge is 0.493 e. The summed E-state index contributed by atoms with van der Waals surface area (Å²) in [7, 11) is 0. The summed E-state index contributed by atoms with van der Waals surface area (Å²) in [5.74, 6) is 5.48. The van der Waals surface area contributed by atoms with Gasteiger partial charge in [-0.25, -0.2) is 0 Å². The standard InChI is InChI=1S/C92H158O6/c1-7-13-19-25-31-37-43-49-55-61-73-93-79-67-68-80(94-74-62-56-50-44-38-32-26-20-14-8-2)86-85(79)91-87-81(95-75-63-57-51-45-39-33-27-21-15-9-3)69-71-83(97-77-65-59-53-47-41-35-29-23-17-11-5)89(87)92(86)90-84(98-78-66-60-54-48-42-36-30-24-18-12-6)72-70-82(88(90)91)96-76-64-58-52-46-40-34-28-22-16-10-4/h67-72,91-92H,7-66,73-78H2,1-6H3. The molecule has 2 bridgehead atoms. The van der Waals surface area contributed by atoms with Crippen LogP contribution >= 0.6 is 0 Å². The van der Waals surface area contributed by atoms with Crippen molar-refractivity contribution >= 4 is 0 Å². The molecule has 0 radical (unpaired) electrons. The summed E-state index contributed by atoms with van der Waals surface area (Å²) in [6.07, 6.45) is 78.1. The minimum Gasteiger partial charge on any atom is -0.493 e. The Morgan fingerprint density at radius 3 is 0.367 bits per heavy atom. The molecule has 0 unspecified atom stereocenters. The zero-order chi connectivity index (χ0) is 69.2. The van der Waals surface area contributed by atoms with Gasteiger partial charge in [-0.1, -0.05) is 388 Å². The van der Waals surface area contributed by atoms with Crippen LogP contribution in [-0.4, -0.2) is 39.6 Å². The summed E-state index contributed by atoms with van der Waals surface area (Å²) in [4.78, 5) is 0. The highest BCUT2D eigenvalue weighted by Gasteiger charge is 2.51. The number of ether oxygens (including phenoxy) is 6. The Bertz CT molecular complexity index is 1920. The zero-order valence-corrected chi connectivity index (χ0v) is 65.7. The van der Waals surface area contributed by atoms with Gasteiger partial charge in [0.15, 0.2) is 0 Å². The van der Waals surface area contributed by atoms with Crippen molar-refractivity contribution < 1.29 is 28.4 Å². The number of hydrogen-bond acceptors (Lipinski definition) is 6. The number of rotatable bonds is 72. The summed E-state index contributed by atoms with van der Waals surface area (Å²) < 4.78 is 43.8. The minimum absolute atomic E-state index is 0.226. The third kappa shape index (κ3) is 34.6. The summed E-state index contributed by atoms with van der Waals surface area (Å²) >= 11 is 0. The maximum absolute atomic E-state index is 7.30. The molecule has 0 amide bonds. The lowest BCUT2D eigenvalue weighted by atomic mass is 9.59. The van der Waals surface area contributed by atoms with Crippen LogP contribution in [0.25, 0.3) is 0 Å². The Labute approximate surface area is 607 Å². The van der Waals surface area contributed by atoms with E-state index in [2.05, 4.69) is 77.9 Å². The first-order chi connectivity index (χ1) is 48.6. The molecule has 0 atom stereocenters. The predicted octanol–water partition coefficient (Wildman–Crippen LogP) is 30.5. The highest BCUT2D eigenvalue weighted by Crippen LogP contribution is 2.67. The lowest BCUT2D eigenvalue weighted by Gasteiger charge is -2.45. The van der Waals surface area contributed by atoms with Gasteiger partial charge in [-0.15, -0.1) is 0 Å². The van der Waals surface area contributed by atoms with Crippen LogP contribution < -0.4 is 28.4 Å². The number of hydrogen-bond donors (Lipinski definition) is 0. The molecular formula is C92H158O6. The molecule has 3 aromatic rings. The van der Waals surface area contributed by atoms with Crippen molar-refractivity contribution in [2.75, 3.05) is 39.6 Å². The van der Waals surface area contributed by atoms with E-state index in [1.54, 1.807) is 0 Å². The highest BCUT2D eigenvalue weighted by molar-refractivity contribution is 5.80. The van der Waals surface area contributed by atoms with E-state index in [-0.39, 0.29) is 11.8 Å². The molecule has 0 aromatic heterocycles. The topological polar surface area (TPSA) is 55.4 Å². The summed E-state index contributed by atoms with van der Waals surface area (Å²) in [6, 6.07) is 13.7. The maximum Gasteiger partial charge on any atom is 0.124 e. The summed E-state index contributed by atoms with van der Waals surface area (Å²) in [6.45, 7) is 18.1. The van der Waals surface area contributed by atoms with Crippen LogP contribution in [0.1, 0.15) is 472 Å². The van der Waals surface area contributed by atoms with E-state index in [1.807, 2.05) is 0 Å². The molecule has 0 aliphatic heterocycles. The van der Waals surface area contributed by atoms with Gasteiger partial charge in [0, 0.05) is 45.2 Å². The highest BCUT2D eigenvalue weighted by atomic mass is 16.5. The van der Waals surface area contributed by atoms with Gasteiger partial charge in [0.05, 0.1) is 39.6 Å². The van der Waals surface area contributed by atoms with E-state index in [0.717, 1.165) is 73.0 Å². The molecule has 6 heteroatoms. The molecule has 0 fully saturated rings. The molecule has 0 saturated heterocycles. The third-order valence-electron chi connectivity index (χ3n) is 21.9. The van der Waals surface area contributed by atoms with Crippen molar-refractivity contribution in [3.63, 3.8) is 0 Å². The van der Waals surface area contributed by atoms with Crippen LogP contribution in [0.2, 0.25) is 0 Å². The first-order valence-corrected chi connectivity index (χ1v) is 43.9. The van der Waals surface area contributed by atoms with Gasteiger partial charge in [-0.05, 0) is 74.9 Å². The van der Waals surface area contributed by atoms with Crippen LogP contribution in [0.5, 0.6) is 34.5 Å². The molecule has 3 aliphatic rings. The van der Waals surface area contributed by atoms with Crippen molar-refractivity contribution in [2.45, 2.75) is 439 Å². The lowest BCUT2D eigenvalue weighted by Crippen LogP contribution is -2.31. The first-order valence-electron chi connectivity index (χ1n) is 43.9. The zero-order valence-electron chi connectivity index (χ0n) is 65.7. The predicted molar refractivity (Wildman–Crippen MR) is 425 cm³/mol. The normalized spacial score (nSPS) is 13.7. The fraction of sp³-hybridized carbons (Fsp3) is 0.804. The van der Waals surface area contributed by atoms with Crippen LogP contribution in [0.3, 0.4) is 0 Å². The molecule has 6 nitrogen and oxygen atoms in total. The molecule has 0 heterocycles. The van der Waals surface area contributed by atoms with Gasteiger partial charge < -0.3 is 28.4 Å². The van der Waals surface area contributed by atoms with Gasteiger partial charge in [0.2, 0.25) is 0 Å². The molecule has 3 aliphatic carbocycles. The fourth-order valence-corrected chi connectivity index (χ4v) is 15.8. The van der Waals surface area contributed by atoms with Gasteiger partial charge in [0.1, 0.15) is 34.5 Å². The first kappa shape index (κ1) is 85.1. The van der Waals surface area contributed by atoms with Gasteiger partial charge >= 0.3 is 0 Å². The fourth-order valence-electron chi connectivity index (χ4n) is 15.8. The Morgan fingerprint density at radius 1 is 0.153 bits per heavy atom. The number of benzene rings is 3. The second-order valence-electron chi connectivity index (χ2n) is 30.7. The molecule has 562 valence electrons. The molecule has 3 aromatic carbocycles. The molecule has 0 spiro atoms. The van der Waals surface area contributed by atoms with Crippen LogP contribution in [-0.2, 0) is 0 Å². The van der Waals surface area contributed by atoms with Crippen molar-refractivity contribution in [3.05, 3.63) is 69.8 Å². The van der Waals surface area contributed by atoms with Gasteiger partial charge in [-0.2, -0.15) is 0 Å². The second kappa shape index (κ2) is 58.9. The molecule has 0 N–H and O–H groups in total. The molecule has 98 heavy (non-hydrogen) atoms. The van der Waals surface area contributed by atoms with E-state index in [0.29, 0.717) is 39.6 Å². The number of unbranched alkanes of at least 4 members (excludes halogenated alkanes) is 54. The van der Waals surface area contributed by atoms with E-state index in [9.17, 15) is 0 Å². The monoisotopic (exact) mass is 1360 g/mol. The summed E-state index contributed by atoms with van der Waals surface area (Å²) in [5, 5.41) is 0. The van der Waals surface area contributed by atoms with Crippen molar-refractivity contribution in [1.82, 2.24) is 0 Å². The van der Waals surface area contributed by atoms with Crippen molar-refractivity contribution in [3.8, 4) is 34.5 Å². The average molecular weight is 1360 g/mol. The van der Waals surface area contributed by atoms with E-state index < -0.39 is 0 Å². The van der Waals surface area contributed by atoms with E-state index in [4.69, 9.17) is 28.4 Å². The Kier molecular flexibility index (Phi) is 51.2. The van der Waals surface area contributed by atoms with Crippen LogP contribution in [0.4, 0.5) is 0 Å². The van der Waals surface area contributed by atoms with Gasteiger partial charge in [0.25, 0.3) is 0 Å². The molecular weight excluding hydrogens is 1200 g/mol. The Hall–Kier alpha value is -3.54. The van der Waals surface area contributed by atoms with E-state index >= 15 is 0 Å². The van der Waals surface area contributed by atoms with Crippen LogP contribution in [0, 0.1) is 0 Å². The minimum atomic E-state index is -0.226. The Morgan fingerprint density at radius 2 is 0.255 bits per heavy atom. The smallest absolute Gasteiger partial charge is 0.124 e. The third-order valence-corrected chi connectivity index (χ3v) is 21.9. The van der Waals surface area contributed by atoms with Crippen molar-refractivity contribution in [1.29, 1.82) is 0 Å². The van der Waals surface area contributed by atoms with Crippen molar-refractivity contribution in [2.24, 2.45) is 0 Å². The second-order valence-corrected chi connectivity index (χ2v) is 30.7. The SMILES string of the molecule is CCCCCCCCCCCCOc1ccc(OCCCCCCCCCCCC)c2c1C1c3c(OCCCCCCCCCCCC)ccc(OCCCCCCCCCCCC)c3C2c2c(OCCCCCCCCCCCC)ccc(OCCCCCCCCCCCC)c21. The quantitative estimate of drug-likeness (QED) is 0.0362. The lowest BCUT2D eigenvalue weighted by molar-refractivity contribution is 0.273. The van der Waals surface area contributed by atoms with E-state index in [1.165, 1.54) is 380 Å².